The average molecular weight is 347 g/mol. The number of amides is 1. The van der Waals surface area contributed by atoms with Crippen LogP contribution in [0.2, 0.25) is 0 Å². The van der Waals surface area contributed by atoms with Crippen molar-refractivity contribution in [3.05, 3.63) is 23.3 Å². The van der Waals surface area contributed by atoms with Gasteiger partial charge in [-0.3, -0.25) is 9.59 Å². The van der Waals surface area contributed by atoms with Gasteiger partial charge in [-0.15, -0.1) is 0 Å². The third kappa shape index (κ3) is 3.05. The summed E-state index contributed by atoms with van der Waals surface area (Å²) in [5.41, 5.74) is 2.21. The quantitative estimate of drug-likeness (QED) is 0.886. The molecule has 1 aromatic rings. The van der Waals surface area contributed by atoms with Gasteiger partial charge in [-0.05, 0) is 48.4 Å². The van der Waals surface area contributed by atoms with Crippen molar-refractivity contribution >= 4 is 11.9 Å². The summed E-state index contributed by atoms with van der Waals surface area (Å²) in [6.45, 7) is 2.63. The Morgan fingerprint density at radius 1 is 1.28 bits per heavy atom. The van der Waals surface area contributed by atoms with Gasteiger partial charge in [0, 0.05) is 18.9 Å². The van der Waals surface area contributed by atoms with E-state index in [1.165, 1.54) is 0 Å². The minimum atomic E-state index is -0.840. The Kier molecular flexibility index (Phi) is 4.88. The number of carbonyl (C=O) groups excluding carboxylic acids is 1. The van der Waals surface area contributed by atoms with Crippen LogP contribution in [0.3, 0.4) is 0 Å². The number of carboxylic acids is 1. The number of rotatable bonds is 5. The number of fused-ring (bicyclic) bond motifs is 3. The molecule has 2 aliphatic rings. The molecule has 3 atom stereocenters. The Morgan fingerprint density at radius 2 is 1.96 bits per heavy atom. The lowest BCUT2D eigenvalue weighted by atomic mass is 9.74. The molecule has 25 heavy (non-hydrogen) atoms. The molecule has 1 fully saturated rings. The highest BCUT2D eigenvalue weighted by molar-refractivity contribution is 5.82. The van der Waals surface area contributed by atoms with Gasteiger partial charge < -0.3 is 19.5 Å². The molecule has 0 spiro atoms. The first-order valence-corrected chi connectivity index (χ1v) is 8.77. The van der Waals surface area contributed by atoms with E-state index in [-0.39, 0.29) is 30.2 Å². The molecule has 6 heteroatoms. The molecule has 2 aliphatic heterocycles. The van der Waals surface area contributed by atoms with E-state index in [0.717, 1.165) is 17.5 Å². The summed E-state index contributed by atoms with van der Waals surface area (Å²) < 4.78 is 10.8. The first-order valence-electron chi connectivity index (χ1n) is 8.77. The van der Waals surface area contributed by atoms with Gasteiger partial charge in [0.25, 0.3) is 0 Å². The molecule has 0 radical (unpaired) electrons. The van der Waals surface area contributed by atoms with Gasteiger partial charge in [0.2, 0.25) is 5.91 Å². The van der Waals surface area contributed by atoms with Gasteiger partial charge >= 0.3 is 5.97 Å². The molecular formula is C19H25NO5. The first kappa shape index (κ1) is 17.6. The molecule has 136 valence electrons. The molecule has 1 N–H and O–H groups in total. The van der Waals surface area contributed by atoms with Crippen LogP contribution in [-0.2, 0) is 16.0 Å². The predicted molar refractivity (Wildman–Crippen MR) is 91.8 cm³/mol. The van der Waals surface area contributed by atoms with E-state index < -0.39 is 5.97 Å². The Bertz CT molecular complexity index is 687. The normalized spacial score (nSPS) is 25.2. The zero-order chi connectivity index (χ0) is 18.1. The lowest BCUT2D eigenvalue weighted by molar-refractivity contribution is -0.149. The molecule has 3 rings (SSSR count). The van der Waals surface area contributed by atoms with Crippen LogP contribution in [0, 0.1) is 11.8 Å². The summed E-state index contributed by atoms with van der Waals surface area (Å²) in [5.74, 6) is 0.246. The molecule has 6 nitrogen and oxygen atoms in total. The summed E-state index contributed by atoms with van der Waals surface area (Å²) in [7, 11) is 3.20. The maximum Gasteiger partial charge on any atom is 0.303 e. The van der Waals surface area contributed by atoms with Crippen molar-refractivity contribution in [1.82, 2.24) is 4.90 Å². The Morgan fingerprint density at radius 3 is 2.56 bits per heavy atom. The summed E-state index contributed by atoms with van der Waals surface area (Å²) in [6, 6.07) is 3.85. The van der Waals surface area contributed by atoms with Crippen molar-refractivity contribution in [2.24, 2.45) is 11.8 Å². The van der Waals surface area contributed by atoms with Gasteiger partial charge in [0.05, 0.1) is 20.3 Å². The Hall–Kier alpha value is -2.24. The summed E-state index contributed by atoms with van der Waals surface area (Å²) >= 11 is 0. The number of hydrogen-bond acceptors (Lipinski definition) is 4. The topological polar surface area (TPSA) is 76.1 Å². The van der Waals surface area contributed by atoms with Crippen molar-refractivity contribution < 1.29 is 24.2 Å². The van der Waals surface area contributed by atoms with Gasteiger partial charge in [-0.2, -0.15) is 0 Å². The molecule has 0 aliphatic carbocycles. The molecule has 1 saturated heterocycles. The molecular weight excluding hydrogens is 322 g/mol. The van der Waals surface area contributed by atoms with Crippen molar-refractivity contribution in [3.8, 4) is 11.5 Å². The van der Waals surface area contributed by atoms with E-state index in [4.69, 9.17) is 9.47 Å². The lowest BCUT2D eigenvalue weighted by Gasteiger charge is -2.46. The zero-order valence-corrected chi connectivity index (χ0v) is 14.9. The standard InChI is InChI=1S/C19H25NO5/c1-4-13-12(9-18(21)22)7-15-14-10-17(25-3)16(24-2)8-11(14)5-6-20(15)19(13)23/h8,10,12-13,15H,4-7,9H2,1-3H3,(H,21,22)/t12-,13-,15-/m0/s1. The van der Waals surface area contributed by atoms with Crippen molar-refractivity contribution in [2.75, 3.05) is 20.8 Å². The van der Waals surface area contributed by atoms with E-state index in [1.54, 1.807) is 14.2 Å². The van der Waals surface area contributed by atoms with Gasteiger partial charge in [0.15, 0.2) is 11.5 Å². The fourth-order valence-electron chi connectivity index (χ4n) is 4.37. The van der Waals surface area contributed by atoms with Crippen LogP contribution < -0.4 is 9.47 Å². The fourth-order valence-corrected chi connectivity index (χ4v) is 4.37. The van der Waals surface area contributed by atoms with Crippen LogP contribution in [0.15, 0.2) is 12.1 Å². The van der Waals surface area contributed by atoms with Gasteiger partial charge in [0.1, 0.15) is 0 Å². The monoisotopic (exact) mass is 347 g/mol. The van der Waals surface area contributed by atoms with Crippen LogP contribution >= 0.6 is 0 Å². The summed E-state index contributed by atoms with van der Waals surface area (Å²) in [6.07, 6.45) is 2.17. The largest absolute Gasteiger partial charge is 0.493 e. The Labute approximate surface area is 147 Å². The number of nitrogens with zero attached hydrogens (tertiary/aromatic N) is 1. The van der Waals surface area contributed by atoms with Crippen molar-refractivity contribution in [2.45, 2.75) is 38.6 Å². The predicted octanol–water partition coefficient (Wildman–Crippen LogP) is 2.65. The van der Waals surface area contributed by atoms with Crippen molar-refractivity contribution in [3.63, 3.8) is 0 Å². The number of hydrogen-bond donors (Lipinski definition) is 1. The summed E-state index contributed by atoms with van der Waals surface area (Å²) in [4.78, 5) is 26.1. The highest BCUT2D eigenvalue weighted by Gasteiger charge is 2.44. The maximum atomic E-state index is 12.9. The number of benzene rings is 1. The number of aliphatic carboxylic acids is 1. The second-order valence-corrected chi connectivity index (χ2v) is 6.81. The fraction of sp³-hybridized carbons (Fsp3) is 0.579. The SMILES string of the molecule is CC[C@@H]1C(=O)N2CCc3cc(OC)c(OC)cc3[C@@H]2C[C@H]1CC(=O)O. The minimum Gasteiger partial charge on any atom is -0.493 e. The van der Waals surface area contributed by atoms with Crippen LogP contribution in [0.5, 0.6) is 11.5 Å². The van der Waals surface area contributed by atoms with E-state index in [1.807, 2.05) is 24.0 Å². The smallest absolute Gasteiger partial charge is 0.303 e. The van der Waals surface area contributed by atoms with Crippen LogP contribution in [0.1, 0.15) is 43.4 Å². The number of carboxylic acid groups (broad SMARTS) is 1. The summed E-state index contributed by atoms with van der Waals surface area (Å²) in [5, 5.41) is 9.25. The molecule has 1 aromatic carbocycles. The third-order valence-corrected chi connectivity index (χ3v) is 5.57. The lowest BCUT2D eigenvalue weighted by Crippen LogP contribution is -2.50. The highest BCUT2D eigenvalue weighted by Crippen LogP contribution is 2.46. The van der Waals surface area contributed by atoms with Gasteiger partial charge in [-0.1, -0.05) is 6.92 Å². The minimum absolute atomic E-state index is 0.0389. The third-order valence-electron chi connectivity index (χ3n) is 5.57. The highest BCUT2D eigenvalue weighted by atomic mass is 16.5. The number of carbonyl (C=O) groups is 2. The van der Waals surface area contributed by atoms with E-state index >= 15 is 0 Å². The second-order valence-electron chi connectivity index (χ2n) is 6.81. The van der Waals surface area contributed by atoms with Gasteiger partial charge in [-0.25, -0.2) is 0 Å². The first-order chi connectivity index (χ1) is 12.0. The molecule has 1 amide bonds. The second kappa shape index (κ2) is 6.94. The van der Waals surface area contributed by atoms with E-state index in [9.17, 15) is 14.7 Å². The molecule has 0 aromatic heterocycles. The Balaban J connectivity index is 2.00. The van der Waals surface area contributed by atoms with E-state index in [2.05, 4.69) is 0 Å². The zero-order valence-electron chi connectivity index (χ0n) is 14.9. The number of piperidine rings is 1. The molecule has 0 unspecified atom stereocenters. The number of methoxy groups -OCH3 is 2. The number of ether oxygens (including phenoxy) is 2. The van der Waals surface area contributed by atoms with Crippen LogP contribution in [-0.4, -0.2) is 42.6 Å². The maximum absolute atomic E-state index is 12.9. The molecule has 0 bridgehead atoms. The van der Waals surface area contributed by atoms with Crippen LogP contribution in [0.25, 0.3) is 0 Å². The van der Waals surface area contributed by atoms with E-state index in [0.29, 0.717) is 30.9 Å². The molecule has 0 saturated carbocycles. The molecule has 2 heterocycles. The van der Waals surface area contributed by atoms with Crippen molar-refractivity contribution in [1.29, 1.82) is 0 Å². The average Bonchev–Trinajstić information content (AvgIpc) is 2.60. The van der Waals surface area contributed by atoms with Crippen LogP contribution in [0.4, 0.5) is 0 Å².